The van der Waals surface area contributed by atoms with E-state index >= 15 is 0 Å². The summed E-state index contributed by atoms with van der Waals surface area (Å²) in [5.41, 5.74) is -0.502. The summed E-state index contributed by atoms with van der Waals surface area (Å²) in [4.78, 5) is 60.1. The largest absolute Gasteiger partial charge is 0.428 e. The van der Waals surface area contributed by atoms with Crippen molar-refractivity contribution < 1.29 is 28.7 Å². The fourth-order valence-electron chi connectivity index (χ4n) is 4.54. The number of hydrogen-bond acceptors (Lipinski definition) is 8. The third kappa shape index (κ3) is 7.14. The van der Waals surface area contributed by atoms with E-state index in [2.05, 4.69) is 9.97 Å². The number of pyridine rings is 2. The number of esters is 2. The lowest BCUT2D eigenvalue weighted by Crippen LogP contribution is -2.61. The molecule has 3 rings (SSSR count). The minimum absolute atomic E-state index is 0.184. The van der Waals surface area contributed by atoms with Crippen LogP contribution in [0.1, 0.15) is 70.9 Å². The number of nitrogens with zero attached hydrogens (tertiary/aromatic N) is 4. The van der Waals surface area contributed by atoms with Crippen LogP contribution >= 0.6 is 0 Å². The molecule has 0 aliphatic carbocycles. The van der Waals surface area contributed by atoms with Gasteiger partial charge in [0.15, 0.2) is 0 Å². The van der Waals surface area contributed by atoms with E-state index < -0.39 is 29.7 Å². The van der Waals surface area contributed by atoms with Gasteiger partial charge in [-0.05, 0) is 75.8 Å². The van der Waals surface area contributed by atoms with Crippen molar-refractivity contribution in [3.8, 4) is 0 Å². The molecular formula is C28H36N4O6. The topological polar surface area (TPSA) is 119 Å². The predicted molar refractivity (Wildman–Crippen MR) is 138 cm³/mol. The lowest BCUT2D eigenvalue weighted by atomic mass is 9.81. The average molecular weight is 525 g/mol. The Morgan fingerprint density at radius 1 is 1.03 bits per heavy atom. The first-order valence-corrected chi connectivity index (χ1v) is 12.8. The van der Waals surface area contributed by atoms with Crippen molar-refractivity contribution in [1.82, 2.24) is 20.0 Å². The van der Waals surface area contributed by atoms with Crippen LogP contribution in [0.3, 0.4) is 0 Å². The summed E-state index contributed by atoms with van der Waals surface area (Å²) in [6, 6.07) is 7.24. The number of amides is 2. The Morgan fingerprint density at radius 2 is 1.76 bits per heavy atom. The summed E-state index contributed by atoms with van der Waals surface area (Å²) < 4.78 is 10.4. The van der Waals surface area contributed by atoms with E-state index in [1.54, 1.807) is 57.7 Å². The first-order chi connectivity index (χ1) is 18.0. The fraction of sp³-hybridized carbons (Fsp3) is 0.500. The van der Waals surface area contributed by atoms with Crippen molar-refractivity contribution in [2.75, 3.05) is 13.3 Å². The monoisotopic (exact) mass is 524 g/mol. The first kappa shape index (κ1) is 28.7. The summed E-state index contributed by atoms with van der Waals surface area (Å²) in [5.74, 6) is -1.76. The third-order valence-electron chi connectivity index (χ3n) is 6.48. The molecule has 0 bridgehead atoms. The molecule has 2 aromatic rings. The zero-order chi connectivity index (χ0) is 27.8. The maximum atomic E-state index is 13.3. The maximum absolute atomic E-state index is 13.3. The van der Waals surface area contributed by atoms with Crippen molar-refractivity contribution in [3.05, 3.63) is 60.2 Å². The summed E-state index contributed by atoms with van der Waals surface area (Å²) in [7, 11) is 0. The van der Waals surface area contributed by atoms with Crippen molar-refractivity contribution in [2.45, 2.75) is 71.8 Å². The molecule has 1 atom stereocenters. The van der Waals surface area contributed by atoms with Gasteiger partial charge < -0.3 is 9.47 Å². The molecule has 3 heterocycles. The molecule has 2 aromatic heterocycles. The van der Waals surface area contributed by atoms with E-state index in [1.807, 2.05) is 12.1 Å². The molecule has 0 radical (unpaired) electrons. The van der Waals surface area contributed by atoms with E-state index in [4.69, 9.17) is 9.47 Å². The lowest BCUT2D eigenvalue weighted by Gasteiger charge is -2.49. The minimum atomic E-state index is -1.29. The highest BCUT2D eigenvalue weighted by Crippen LogP contribution is 2.39. The number of piperidine rings is 1. The highest BCUT2D eigenvalue weighted by atomic mass is 16.7. The summed E-state index contributed by atoms with van der Waals surface area (Å²) in [6.45, 7) is 6.28. The number of aryl methyl sites for hydroxylation is 1. The van der Waals surface area contributed by atoms with Gasteiger partial charge in [0.2, 0.25) is 18.6 Å². The second-order valence-electron chi connectivity index (χ2n) is 10.4. The fourth-order valence-corrected chi connectivity index (χ4v) is 4.54. The van der Waals surface area contributed by atoms with Gasteiger partial charge in [-0.2, -0.15) is 0 Å². The van der Waals surface area contributed by atoms with Gasteiger partial charge >= 0.3 is 11.9 Å². The molecule has 1 aliphatic rings. The average Bonchev–Trinajstić information content (AvgIpc) is 2.88. The van der Waals surface area contributed by atoms with E-state index in [-0.39, 0.29) is 18.2 Å². The second-order valence-corrected chi connectivity index (χ2v) is 10.4. The molecule has 10 nitrogen and oxygen atoms in total. The van der Waals surface area contributed by atoms with Crippen molar-refractivity contribution in [1.29, 1.82) is 0 Å². The van der Waals surface area contributed by atoms with Gasteiger partial charge in [0.05, 0.1) is 11.8 Å². The normalized spacial score (nSPS) is 15.4. The molecule has 0 saturated carbocycles. The predicted octanol–water partition coefficient (Wildman–Crippen LogP) is 3.56. The second kappa shape index (κ2) is 12.6. The van der Waals surface area contributed by atoms with E-state index in [0.29, 0.717) is 31.4 Å². The summed E-state index contributed by atoms with van der Waals surface area (Å²) in [5, 5.41) is 2.87. The van der Waals surface area contributed by atoms with Crippen LogP contribution in [0.15, 0.2) is 49.1 Å². The Bertz CT molecular complexity index is 1120. The van der Waals surface area contributed by atoms with Gasteiger partial charge in [-0.15, -0.1) is 0 Å². The Morgan fingerprint density at radius 3 is 2.37 bits per heavy atom. The summed E-state index contributed by atoms with van der Waals surface area (Å²) in [6.07, 6.45) is 8.83. The van der Waals surface area contributed by atoms with Gasteiger partial charge in [-0.25, -0.2) is 5.01 Å². The summed E-state index contributed by atoms with van der Waals surface area (Å²) >= 11 is 0. The number of hydrogen-bond donors (Lipinski definition) is 0. The van der Waals surface area contributed by atoms with E-state index in [9.17, 15) is 19.2 Å². The van der Waals surface area contributed by atoms with Crippen LogP contribution < -0.4 is 0 Å². The van der Waals surface area contributed by atoms with Crippen LogP contribution in [0.4, 0.5) is 0 Å². The Hall–Kier alpha value is -3.82. The van der Waals surface area contributed by atoms with Gasteiger partial charge in [0.25, 0.3) is 0 Å². The lowest BCUT2D eigenvalue weighted by molar-refractivity contribution is -0.190. The molecular weight excluding hydrogens is 488 g/mol. The Labute approximate surface area is 223 Å². The van der Waals surface area contributed by atoms with Gasteiger partial charge in [-0.1, -0.05) is 6.07 Å². The van der Waals surface area contributed by atoms with Gasteiger partial charge in [-0.3, -0.25) is 34.2 Å². The highest BCUT2D eigenvalue weighted by molar-refractivity contribution is 5.83. The maximum Gasteiger partial charge on any atom is 0.314 e. The Kier molecular flexibility index (Phi) is 9.55. The molecule has 1 fully saturated rings. The number of carbonyl (C=O) groups is 4. The smallest absolute Gasteiger partial charge is 0.314 e. The molecule has 0 spiro atoms. The van der Waals surface area contributed by atoms with E-state index in [1.165, 1.54) is 16.9 Å². The van der Waals surface area contributed by atoms with Crippen LogP contribution in [-0.2, 0) is 40.6 Å². The Balaban J connectivity index is 2.01. The molecule has 0 aromatic carbocycles. The van der Waals surface area contributed by atoms with Crippen molar-refractivity contribution in [2.24, 2.45) is 5.41 Å². The van der Waals surface area contributed by atoms with Crippen molar-refractivity contribution in [3.63, 3.8) is 0 Å². The van der Waals surface area contributed by atoms with Gasteiger partial charge in [0.1, 0.15) is 5.54 Å². The minimum Gasteiger partial charge on any atom is -0.428 e. The zero-order valence-electron chi connectivity index (χ0n) is 22.5. The third-order valence-corrected chi connectivity index (χ3v) is 6.48. The number of carbonyl (C=O) groups excluding carboxylic acids is 4. The molecule has 2 amide bonds. The first-order valence-electron chi connectivity index (χ1n) is 12.8. The number of ether oxygens (including phenoxy) is 2. The molecule has 0 N–H and O–H groups in total. The molecule has 1 saturated heterocycles. The zero-order valence-corrected chi connectivity index (χ0v) is 22.5. The van der Waals surface area contributed by atoms with Crippen LogP contribution in [-0.4, -0.2) is 57.1 Å². The molecule has 204 valence electrons. The molecule has 1 aliphatic heterocycles. The molecule has 10 heteroatoms. The van der Waals surface area contributed by atoms with Crippen molar-refractivity contribution >= 4 is 23.8 Å². The van der Waals surface area contributed by atoms with Crippen LogP contribution in [0, 0.1) is 5.41 Å². The SMILES string of the molecule is CC(=O)N(N1CCCCC1=O)[C@@](CCc1ccncc1)(CC(=O)OCOC(=O)C(C)(C)C)c1cccnc1. The van der Waals surface area contributed by atoms with Crippen LogP contribution in [0.25, 0.3) is 0 Å². The van der Waals surface area contributed by atoms with Crippen LogP contribution in [0.2, 0.25) is 0 Å². The number of rotatable bonds is 10. The highest BCUT2D eigenvalue weighted by Gasteiger charge is 2.47. The molecule has 0 unspecified atom stereocenters. The van der Waals surface area contributed by atoms with Gasteiger partial charge in [0, 0.05) is 44.7 Å². The quantitative estimate of drug-likeness (QED) is 0.342. The van der Waals surface area contributed by atoms with Crippen LogP contribution in [0.5, 0.6) is 0 Å². The number of hydrazine groups is 1. The standard InChI is InChI=1S/C28H36N4O6/c1-21(33)32(31-17-6-5-9-24(31)34)28(23-8-7-14-30-19-23,13-10-22-11-15-29-16-12-22)18-25(35)37-20-38-26(36)27(2,3)4/h7-8,11-12,14-16,19H,5-6,9-10,13,17-18,20H2,1-4H3/t28-/m0/s1. The van der Waals surface area contributed by atoms with E-state index in [0.717, 1.165) is 18.4 Å². The number of aromatic nitrogens is 2. The molecule has 38 heavy (non-hydrogen) atoms.